The molecule has 1 aromatic heterocycles. The molecular weight excluding hydrogens is 328 g/mol. The maximum atomic E-state index is 12.1. The van der Waals surface area contributed by atoms with Crippen molar-refractivity contribution in [2.24, 2.45) is 0 Å². The molecule has 0 bridgehead atoms. The number of methoxy groups -OCH3 is 2. The van der Waals surface area contributed by atoms with E-state index in [9.17, 15) is 9.59 Å². The fourth-order valence-electron chi connectivity index (χ4n) is 2.12. The molecule has 0 aliphatic carbocycles. The van der Waals surface area contributed by atoms with Gasteiger partial charge in [0.25, 0.3) is 5.91 Å². The Kier molecular flexibility index (Phi) is 6.62. The van der Waals surface area contributed by atoms with Crippen LogP contribution in [0.4, 0.5) is 0 Å². The smallest absolute Gasteiger partial charge is 0.269 e. The third kappa shape index (κ3) is 4.99. The van der Waals surface area contributed by atoms with Gasteiger partial charge in [-0.15, -0.1) is 11.3 Å². The Balaban J connectivity index is 1.78. The average molecular weight is 348 g/mol. The molecule has 0 fully saturated rings. The minimum Gasteiger partial charge on any atom is -0.493 e. The van der Waals surface area contributed by atoms with Crippen LogP contribution in [0.25, 0.3) is 0 Å². The second-order valence-electron chi connectivity index (χ2n) is 5.00. The van der Waals surface area contributed by atoms with Crippen molar-refractivity contribution in [2.75, 3.05) is 14.2 Å². The van der Waals surface area contributed by atoms with Gasteiger partial charge >= 0.3 is 0 Å². The van der Waals surface area contributed by atoms with Crippen LogP contribution in [0.1, 0.15) is 28.1 Å². The zero-order chi connectivity index (χ0) is 17.4. The van der Waals surface area contributed by atoms with Gasteiger partial charge in [-0.1, -0.05) is 6.07 Å². The van der Waals surface area contributed by atoms with Crippen molar-refractivity contribution in [1.29, 1.82) is 0 Å². The van der Waals surface area contributed by atoms with Crippen LogP contribution in [0.2, 0.25) is 0 Å². The lowest BCUT2D eigenvalue weighted by molar-refractivity contribution is -0.121. The molecule has 0 unspecified atom stereocenters. The summed E-state index contributed by atoms with van der Waals surface area (Å²) in [5.41, 5.74) is 5.19. The summed E-state index contributed by atoms with van der Waals surface area (Å²) in [5.74, 6) is 0.349. The molecule has 24 heavy (non-hydrogen) atoms. The van der Waals surface area contributed by atoms with Crippen LogP contribution in [0.5, 0.6) is 11.5 Å². The number of ether oxygens (including phenoxy) is 2. The highest BCUT2D eigenvalue weighted by molar-refractivity contribution is 7.09. The van der Waals surface area contributed by atoms with Gasteiger partial charge in [0, 0.05) is 16.9 Å². The lowest BCUT2D eigenvalue weighted by Gasteiger charge is -2.10. The van der Waals surface area contributed by atoms with Crippen LogP contribution in [-0.4, -0.2) is 26.0 Å². The van der Waals surface area contributed by atoms with E-state index in [0.717, 1.165) is 12.8 Å². The third-order valence-electron chi connectivity index (χ3n) is 3.37. The second-order valence-corrected chi connectivity index (χ2v) is 6.04. The molecule has 2 aromatic rings. The number of hydrogen-bond acceptors (Lipinski definition) is 5. The molecule has 0 saturated carbocycles. The molecule has 128 valence electrons. The van der Waals surface area contributed by atoms with Crippen molar-refractivity contribution in [3.63, 3.8) is 0 Å². The number of aryl methyl sites for hydroxylation is 1. The summed E-state index contributed by atoms with van der Waals surface area (Å²) >= 11 is 1.67. The highest BCUT2D eigenvalue weighted by atomic mass is 32.1. The number of nitrogens with one attached hydrogen (secondary N) is 2. The molecule has 1 aromatic carbocycles. The van der Waals surface area contributed by atoms with E-state index in [1.165, 1.54) is 19.1 Å². The van der Waals surface area contributed by atoms with Crippen LogP contribution in [0.15, 0.2) is 35.7 Å². The number of hydrazine groups is 1. The minimum absolute atomic E-state index is 0.222. The lowest BCUT2D eigenvalue weighted by atomic mass is 10.2. The van der Waals surface area contributed by atoms with Crippen LogP contribution in [0, 0.1) is 0 Å². The van der Waals surface area contributed by atoms with Gasteiger partial charge in [-0.2, -0.15) is 0 Å². The van der Waals surface area contributed by atoms with Gasteiger partial charge in [-0.3, -0.25) is 20.4 Å². The fraction of sp³-hybridized carbons (Fsp3) is 0.294. The van der Waals surface area contributed by atoms with Gasteiger partial charge in [0.2, 0.25) is 5.91 Å². The molecule has 0 radical (unpaired) electrons. The topological polar surface area (TPSA) is 76.7 Å². The number of benzene rings is 1. The first-order chi connectivity index (χ1) is 11.6. The third-order valence-corrected chi connectivity index (χ3v) is 4.30. The Morgan fingerprint density at radius 2 is 1.88 bits per heavy atom. The van der Waals surface area contributed by atoms with Gasteiger partial charge in [-0.25, -0.2) is 0 Å². The Bertz CT molecular complexity index is 686. The Morgan fingerprint density at radius 3 is 2.54 bits per heavy atom. The van der Waals surface area contributed by atoms with Crippen molar-refractivity contribution in [2.45, 2.75) is 19.3 Å². The molecule has 2 rings (SSSR count). The molecule has 6 nitrogen and oxygen atoms in total. The van der Waals surface area contributed by atoms with Gasteiger partial charge in [0.05, 0.1) is 14.2 Å². The van der Waals surface area contributed by atoms with Crippen LogP contribution < -0.4 is 20.3 Å². The Hall–Kier alpha value is -2.54. The summed E-state index contributed by atoms with van der Waals surface area (Å²) < 4.78 is 10.3. The summed E-state index contributed by atoms with van der Waals surface area (Å²) in [6.07, 6.45) is 1.94. The summed E-state index contributed by atoms with van der Waals surface area (Å²) in [4.78, 5) is 25.1. The van der Waals surface area contributed by atoms with E-state index in [1.54, 1.807) is 29.5 Å². The van der Waals surface area contributed by atoms with Crippen molar-refractivity contribution in [3.05, 3.63) is 46.2 Å². The van der Waals surface area contributed by atoms with Gasteiger partial charge in [0.15, 0.2) is 11.5 Å². The first kappa shape index (κ1) is 17.8. The summed E-state index contributed by atoms with van der Waals surface area (Å²) in [6, 6.07) is 8.82. The molecule has 2 amide bonds. The summed E-state index contributed by atoms with van der Waals surface area (Å²) in [6.45, 7) is 0. The largest absolute Gasteiger partial charge is 0.493 e. The highest BCUT2D eigenvalue weighted by Crippen LogP contribution is 2.27. The van der Waals surface area contributed by atoms with E-state index in [2.05, 4.69) is 10.9 Å². The SMILES string of the molecule is COc1ccc(C(=O)NNC(=O)CCCc2cccs2)cc1OC. The van der Waals surface area contributed by atoms with Crippen LogP contribution in [0.3, 0.4) is 0 Å². The van der Waals surface area contributed by atoms with Crippen LogP contribution >= 0.6 is 11.3 Å². The predicted molar refractivity (Wildman–Crippen MR) is 92.4 cm³/mol. The van der Waals surface area contributed by atoms with Crippen molar-refractivity contribution in [3.8, 4) is 11.5 Å². The van der Waals surface area contributed by atoms with E-state index in [0.29, 0.717) is 23.5 Å². The number of carbonyl (C=O) groups excluding carboxylic acids is 2. The van der Waals surface area contributed by atoms with E-state index in [1.807, 2.05) is 17.5 Å². The number of carbonyl (C=O) groups is 2. The highest BCUT2D eigenvalue weighted by Gasteiger charge is 2.11. The van der Waals surface area contributed by atoms with Crippen molar-refractivity contribution in [1.82, 2.24) is 10.9 Å². The molecule has 2 N–H and O–H groups in total. The van der Waals surface area contributed by atoms with Gasteiger partial charge in [0.1, 0.15) is 0 Å². The van der Waals surface area contributed by atoms with E-state index < -0.39 is 5.91 Å². The Morgan fingerprint density at radius 1 is 1.08 bits per heavy atom. The van der Waals surface area contributed by atoms with E-state index in [4.69, 9.17) is 9.47 Å². The zero-order valence-electron chi connectivity index (χ0n) is 13.6. The first-order valence-electron chi connectivity index (χ1n) is 7.47. The van der Waals surface area contributed by atoms with Gasteiger partial charge in [-0.05, 0) is 42.5 Å². The summed E-state index contributed by atoms with van der Waals surface area (Å²) in [7, 11) is 3.02. The molecule has 0 spiro atoms. The minimum atomic E-state index is -0.414. The molecule has 0 atom stereocenters. The maximum Gasteiger partial charge on any atom is 0.269 e. The predicted octanol–water partition coefficient (Wildman–Crippen LogP) is 2.55. The van der Waals surface area contributed by atoms with Crippen LogP contribution in [-0.2, 0) is 11.2 Å². The number of rotatable bonds is 7. The average Bonchev–Trinajstić information content (AvgIpc) is 3.12. The first-order valence-corrected chi connectivity index (χ1v) is 8.35. The van der Waals surface area contributed by atoms with E-state index in [-0.39, 0.29) is 5.91 Å². The molecule has 0 saturated heterocycles. The Labute approximate surface area is 144 Å². The fourth-order valence-corrected chi connectivity index (χ4v) is 2.87. The molecule has 0 aliphatic heterocycles. The zero-order valence-corrected chi connectivity index (χ0v) is 14.4. The second kappa shape index (κ2) is 8.93. The standard InChI is InChI=1S/C17H20N2O4S/c1-22-14-9-8-12(11-15(14)23-2)17(21)19-18-16(20)7-3-5-13-6-4-10-24-13/h4,6,8-11H,3,5,7H2,1-2H3,(H,18,20)(H,19,21). The van der Waals surface area contributed by atoms with Gasteiger partial charge < -0.3 is 9.47 Å². The maximum absolute atomic E-state index is 12.1. The summed E-state index contributed by atoms with van der Waals surface area (Å²) in [5, 5.41) is 2.01. The van der Waals surface area contributed by atoms with Crippen molar-refractivity contribution >= 4 is 23.2 Å². The molecule has 1 heterocycles. The van der Waals surface area contributed by atoms with E-state index >= 15 is 0 Å². The lowest BCUT2D eigenvalue weighted by Crippen LogP contribution is -2.41. The normalized spacial score (nSPS) is 10.1. The number of thiophene rings is 1. The monoisotopic (exact) mass is 348 g/mol. The number of amides is 2. The number of hydrogen-bond donors (Lipinski definition) is 2. The van der Waals surface area contributed by atoms with Crippen molar-refractivity contribution < 1.29 is 19.1 Å². The molecular formula is C17H20N2O4S. The molecule has 0 aliphatic rings. The quantitative estimate of drug-likeness (QED) is 0.754. The molecule has 7 heteroatoms.